The molecule has 10 heteroatoms. The van der Waals surface area contributed by atoms with Gasteiger partial charge in [0.1, 0.15) is 0 Å². The van der Waals surface area contributed by atoms with Crippen LogP contribution in [0.3, 0.4) is 0 Å². The molecule has 3 heterocycles. The first-order valence-electron chi connectivity index (χ1n) is 10.7. The molecule has 3 N–H and O–H groups in total. The summed E-state index contributed by atoms with van der Waals surface area (Å²) in [4.78, 5) is 18.0. The predicted octanol–water partition coefficient (Wildman–Crippen LogP) is 3.62. The molecule has 0 saturated carbocycles. The van der Waals surface area contributed by atoms with Gasteiger partial charge in [-0.15, -0.1) is 0 Å². The fraction of sp³-hybridized carbons (Fsp3) is 0.250. The number of methoxy groups -OCH3 is 1. The second kappa shape index (κ2) is 9.02. The molecular formula is C24H22ClN3O6. The number of aromatic nitrogens is 2. The molecule has 176 valence electrons. The minimum absolute atomic E-state index is 0.0182. The lowest BCUT2D eigenvalue weighted by molar-refractivity contribution is 0.00357. The molecule has 4 aromatic rings. The number of aliphatic hydroxyl groups excluding tert-OH is 1. The second-order valence-corrected chi connectivity index (χ2v) is 8.36. The molecule has 34 heavy (non-hydrogen) atoms. The summed E-state index contributed by atoms with van der Waals surface area (Å²) < 4.78 is 15.6. The quantitative estimate of drug-likeness (QED) is 0.355. The Labute approximate surface area is 199 Å². The maximum atomic E-state index is 13.0. The molecule has 1 aliphatic heterocycles. The molecule has 2 aromatic heterocycles. The number of ether oxygens (including phenoxy) is 2. The summed E-state index contributed by atoms with van der Waals surface area (Å²) in [5, 5.41) is 24.5. The van der Waals surface area contributed by atoms with Gasteiger partial charge in [-0.1, -0.05) is 23.7 Å². The van der Waals surface area contributed by atoms with Gasteiger partial charge in [0.05, 0.1) is 48.6 Å². The fourth-order valence-electron chi connectivity index (χ4n) is 4.15. The number of morpholine rings is 1. The zero-order valence-electron chi connectivity index (χ0n) is 18.2. The van der Waals surface area contributed by atoms with E-state index in [1.807, 2.05) is 24.3 Å². The topological polar surface area (TPSA) is 121 Å². The summed E-state index contributed by atoms with van der Waals surface area (Å²) in [5.74, 6) is -0.712. The molecule has 1 aliphatic rings. The van der Waals surface area contributed by atoms with E-state index in [2.05, 4.69) is 15.0 Å². The lowest BCUT2D eigenvalue weighted by Gasteiger charge is -2.33. The van der Waals surface area contributed by atoms with Crippen LogP contribution in [0, 0.1) is 0 Å². The van der Waals surface area contributed by atoms with Crippen molar-refractivity contribution in [3.8, 4) is 22.9 Å². The molecule has 9 nitrogen and oxygen atoms in total. The van der Waals surface area contributed by atoms with E-state index in [4.69, 9.17) is 25.6 Å². The Balaban J connectivity index is 1.50. The van der Waals surface area contributed by atoms with Gasteiger partial charge in [0.2, 0.25) is 17.4 Å². The van der Waals surface area contributed by atoms with Crippen molar-refractivity contribution in [2.45, 2.75) is 6.10 Å². The maximum Gasteiger partial charge on any atom is 0.254 e. The Kier molecular flexibility index (Phi) is 5.91. The van der Waals surface area contributed by atoms with E-state index in [0.717, 1.165) is 17.8 Å². The van der Waals surface area contributed by atoms with Gasteiger partial charge in [-0.05, 0) is 35.0 Å². The van der Waals surface area contributed by atoms with Gasteiger partial charge in [0.15, 0.2) is 0 Å². The smallest absolute Gasteiger partial charge is 0.254 e. The summed E-state index contributed by atoms with van der Waals surface area (Å²) in [7, 11) is 1.42. The van der Waals surface area contributed by atoms with Gasteiger partial charge in [-0.2, -0.15) is 0 Å². The number of aromatic hydroxyl groups is 1. The highest BCUT2D eigenvalue weighted by atomic mass is 35.5. The van der Waals surface area contributed by atoms with Crippen molar-refractivity contribution < 1.29 is 29.0 Å². The maximum absolute atomic E-state index is 13.0. The normalized spacial score (nSPS) is 16.2. The van der Waals surface area contributed by atoms with Crippen LogP contribution >= 0.6 is 11.6 Å². The molecule has 0 aliphatic carbocycles. The van der Waals surface area contributed by atoms with Crippen molar-refractivity contribution in [3.63, 3.8) is 0 Å². The molecule has 2 aromatic carbocycles. The average molecular weight is 484 g/mol. The minimum Gasteiger partial charge on any atom is -0.494 e. The molecule has 1 fully saturated rings. The van der Waals surface area contributed by atoms with Crippen molar-refractivity contribution >= 4 is 34.0 Å². The van der Waals surface area contributed by atoms with E-state index in [9.17, 15) is 15.0 Å². The van der Waals surface area contributed by atoms with E-state index in [0.29, 0.717) is 34.6 Å². The van der Waals surface area contributed by atoms with E-state index in [1.54, 1.807) is 12.1 Å². The molecule has 1 unspecified atom stereocenters. The number of anilines is 1. The molecule has 0 spiro atoms. The average Bonchev–Trinajstić information content (AvgIpc) is 3.47. The van der Waals surface area contributed by atoms with Crippen LogP contribution < -0.4 is 9.64 Å². The Morgan fingerprint density at radius 1 is 1.29 bits per heavy atom. The third-order valence-electron chi connectivity index (χ3n) is 5.90. The van der Waals surface area contributed by atoms with E-state index in [1.165, 1.54) is 13.2 Å². The Bertz CT molecular complexity index is 1350. The number of carbonyl (C=O) groups excluding carboxylic acids is 1. The number of carbonyl (C=O) groups is 1. The summed E-state index contributed by atoms with van der Waals surface area (Å²) in [6.07, 6.45) is -0.202. The van der Waals surface area contributed by atoms with E-state index >= 15 is 0 Å². The Morgan fingerprint density at radius 2 is 2.09 bits per heavy atom. The zero-order valence-corrected chi connectivity index (χ0v) is 19.0. The molecule has 0 bridgehead atoms. The zero-order chi connectivity index (χ0) is 23.8. The number of nitrogens with zero attached hydrogens (tertiary/aromatic N) is 2. The van der Waals surface area contributed by atoms with Gasteiger partial charge >= 0.3 is 0 Å². The highest BCUT2D eigenvalue weighted by Crippen LogP contribution is 2.38. The van der Waals surface area contributed by atoms with E-state index < -0.39 is 5.78 Å². The number of aromatic amines is 1. The molecule has 5 rings (SSSR count). The van der Waals surface area contributed by atoms with Crippen LogP contribution in [-0.4, -0.2) is 65.7 Å². The van der Waals surface area contributed by atoms with Gasteiger partial charge in [-0.25, -0.2) is 0 Å². The van der Waals surface area contributed by atoms with Gasteiger partial charge < -0.3 is 34.1 Å². The van der Waals surface area contributed by atoms with Crippen LogP contribution in [0.4, 0.5) is 5.69 Å². The van der Waals surface area contributed by atoms with Crippen LogP contribution in [0.5, 0.6) is 11.8 Å². The summed E-state index contributed by atoms with van der Waals surface area (Å²) in [5.41, 5.74) is 3.15. The van der Waals surface area contributed by atoms with Crippen LogP contribution in [0.25, 0.3) is 22.0 Å². The number of hydrogen-bond donors (Lipinski definition) is 3. The van der Waals surface area contributed by atoms with Crippen LogP contribution in [0.15, 0.2) is 47.0 Å². The number of benzene rings is 2. The summed E-state index contributed by atoms with van der Waals surface area (Å²) in [6, 6.07) is 12.7. The van der Waals surface area contributed by atoms with E-state index in [-0.39, 0.29) is 35.8 Å². The van der Waals surface area contributed by atoms with Crippen LogP contribution in [0.2, 0.25) is 5.02 Å². The molecular weight excluding hydrogens is 462 g/mol. The van der Waals surface area contributed by atoms with Crippen molar-refractivity contribution in [1.82, 2.24) is 10.1 Å². The number of halogens is 1. The van der Waals surface area contributed by atoms with Gasteiger partial charge in [0.25, 0.3) is 5.88 Å². The largest absolute Gasteiger partial charge is 0.494 e. The highest BCUT2D eigenvalue weighted by molar-refractivity contribution is 6.34. The lowest BCUT2D eigenvalue weighted by Crippen LogP contribution is -2.44. The van der Waals surface area contributed by atoms with Crippen LogP contribution in [0.1, 0.15) is 16.1 Å². The number of H-pyrrole nitrogens is 1. The number of rotatable bonds is 6. The first kappa shape index (κ1) is 22.3. The minimum atomic E-state index is -0.533. The van der Waals surface area contributed by atoms with Crippen molar-refractivity contribution in [2.75, 3.05) is 38.3 Å². The number of nitrogens with one attached hydrogen (secondary N) is 1. The van der Waals surface area contributed by atoms with Gasteiger partial charge in [0, 0.05) is 29.7 Å². The highest BCUT2D eigenvalue weighted by Gasteiger charge is 2.25. The molecule has 0 radical (unpaired) electrons. The van der Waals surface area contributed by atoms with Crippen molar-refractivity contribution in [1.29, 1.82) is 0 Å². The molecule has 1 atom stereocenters. The lowest BCUT2D eigenvalue weighted by atomic mass is 10.00. The monoisotopic (exact) mass is 483 g/mol. The van der Waals surface area contributed by atoms with Gasteiger partial charge in [-0.3, -0.25) is 4.79 Å². The van der Waals surface area contributed by atoms with Crippen LogP contribution in [-0.2, 0) is 4.74 Å². The summed E-state index contributed by atoms with van der Waals surface area (Å²) in [6.45, 7) is 1.89. The summed E-state index contributed by atoms with van der Waals surface area (Å²) >= 11 is 6.56. The Morgan fingerprint density at radius 3 is 2.79 bits per heavy atom. The SMILES string of the molecule is COc1cc(C(=O)c2c(O)[nH]c3cc(Cl)c(-c4ccc(N5CCOC(CO)C5)cc4)cc23)on1. The molecule has 1 saturated heterocycles. The first-order valence-corrected chi connectivity index (χ1v) is 11.0. The second-order valence-electron chi connectivity index (χ2n) is 7.96. The number of ketones is 1. The number of fused-ring (bicyclic) bond motifs is 1. The molecule has 0 amide bonds. The van der Waals surface area contributed by atoms with Crippen molar-refractivity contribution in [2.24, 2.45) is 0 Å². The first-order chi connectivity index (χ1) is 16.5. The number of aliphatic hydroxyl groups is 1. The predicted molar refractivity (Wildman–Crippen MR) is 126 cm³/mol. The van der Waals surface area contributed by atoms with Crippen molar-refractivity contribution in [3.05, 3.63) is 58.8 Å². The fourth-order valence-corrected chi connectivity index (χ4v) is 4.43. The third kappa shape index (κ3) is 3.98. The Hall–Kier alpha value is -3.53. The third-order valence-corrected chi connectivity index (χ3v) is 6.21. The number of hydrogen-bond acceptors (Lipinski definition) is 8. The standard InChI is InChI=1S/C24H22ClN3O6/c1-32-21-10-20(34-27-21)23(30)22-17-8-16(18(25)9-19(17)26-24(22)31)13-2-4-14(5-3-13)28-6-7-33-15(11-28)12-29/h2-5,8-10,15,26,29,31H,6-7,11-12H2,1H3.